The summed E-state index contributed by atoms with van der Waals surface area (Å²) in [5.74, 6) is 0.596. The van der Waals surface area contributed by atoms with Crippen LogP contribution in [0.15, 0.2) is 24.3 Å². The van der Waals surface area contributed by atoms with Crippen molar-refractivity contribution < 1.29 is 19.1 Å². The second-order valence-electron chi connectivity index (χ2n) is 6.83. The Morgan fingerprint density at radius 1 is 1.33 bits per heavy atom. The number of carbonyl (C=O) groups is 2. The van der Waals surface area contributed by atoms with Gasteiger partial charge in [0.2, 0.25) is 11.8 Å². The Morgan fingerprint density at radius 3 is 2.74 bits per heavy atom. The summed E-state index contributed by atoms with van der Waals surface area (Å²) in [7, 11) is 0. The number of carbonyl (C=O) groups excluding carboxylic acids is 2. The quantitative estimate of drug-likeness (QED) is 0.601. The highest BCUT2D eigenvalue weighted by Gasteiger charge is 2.31. The molecule has 0 radical (unpaired) electrons. The van der Waals surface area contributed by atoms with E-state index < -0.39 is 6.04 Å². The van der Waals surface area contributed by atoms with E-state index in [1.165, 1.54) is 0 Å². The Labute approximate surface area is 161 Å². The van der Waals surface area contributed by atoms with E-state index in [9.17, 15) is 9.59 Å². The lowest BCUT2D eigenvalue weighted by Crippen LogP contribution is -2.56. The molecular formula is C20H31N3O4. The zero-order valence-electron chi connectivity index (χ0n) is 16.5. The number of hydrogen-bond acceptors (Lipinski definition) is 5. The predicted molar refractivity (Wildman–Crippen MR) is 104 cm³/mol. The lowest BCUT2D eigenvalue weighted by Gasteiger charge is -2.34. The van der Waals surface area contributed by atoms with E-state index in [2.05, 4.69) is 15.5 Å². The van der Waals surface area contributed by atoms with E-state index in [4.69, 9.17) is 9.47 Å². The van der Waals surface area contributed by atoms with Crippen molar-refractivity contribution in [1.29, 1.82) is 0 Å². The average Bonchev–Trinajstić information content (AvgIpc) is 2.63. The normalized spacial score (nSPS) is 17.6. The van der Waals surface area contributed by atoms with Crippen molar-refractivity contribution in [3.63, 3.8) is 0 Å². The van der Waals surface area contributed by atoms with Crippen molar-refractivity contribution in [2.45, 2.75) is 45.9 Å². The third-order valence-electron chi connectivity index (χ3n) is 4.32. The zero-order valence-corrected chi connectivity index (χ0v) is 16.5. The number of hydrogen-bond donors (Lipinski definition) is 2. The van der Waals surface area contributed by atoms with Crippen molar-refractivity contribution >= 4 is 11.8 Å². The van der Waals surface area contributed by atoms with Crippen LogP contribution in [0.2, 0.25) is 0 Å². The van der Waals surface area contributed by atoms with Gasteiger partial charge in [0, 0.05) is 26.2 Å². The largest absolute Gasteiger partial charge is 0.494 e. The lowest BCUT2D eigenvalue weighted by atomic mass is 10.1. The van der Waals surface area contributed by atoms with Crippen LogP contribution in [-0.2, 0) is 20.9 Å². The molecule has 7 heteroatoms. The van der Waals surface area contributed by atoms with Gasteiger partial charge in [0.25, 0.3) is 0 Å². The van der Waals surface area contributed by atoms with E-state index in [0.29, 0.717) is 39.4 Å². The molecule has 1 heterocycles. The molecule has 2 rings (SSSR count). The van der Waals surface area contributed by atoms with Gasteiger partial charge in [-0.05, 0) is 38.5 Å². The zero-order chi connectivity index (χ0) is 19.6. The van der Waals surface area contributed by atoms with Gasteiger partial charge in [-0.2, -0.15) is 0 Å². The summed E-state index contributed by atoms with van der Waals surface area (Å²) in [5.41, 5.74) is 1.09. The molecule has 1 aromatic rings. The fourth-order valence-corrected chi connectivity index (χ4v) is 3.00. The summed E-state index contributed by atoms with van der Waals surface area (Å²) in [4.78, 5) is 26.6. The number of rotatable bonds is 10. The summed E-state index contributed by atoms with van der Waals surface area (Å²) >= 11 is 0. The number of amides is 2. The standard InChI is InChI=1S/C20H31N3O4/c1-4-26-17-7-5-16(6-8-17)14-23-11-9-22-20(25)18(23)13-19(24)21-10-12-27-15(2)3/h5-8,15,18H,4,9-14H2,1-3H3,(H,21,24)(H,22,25). The molecule has 1 fully saturated rings. The Balaban J connectivity index is 1.89. The number of nitrogens with one attached hydrogen (secondary N) is 2. The minimum absolute atomic E-state index is 0.0965. The van der Waals surface area contributed by atoms with Gasteiger partial charge in [-0.3, -0.25) is 14.5 Å². The summed E-state index contributed by atoms with van der Waals surface area (Å²) in [6.07, 6.45) is 0.278. The number of nitrogens with zero attached hydrogens (tertiary/aromatic N) is 1. The maximum Gasteiger partial charge on any atom is 0.237 e. The minimum Gasteiger partial charge on any atom is -0.494 e. The van der Waals surface area contributed by atoms with Crippen LogP contribution in [0.25, 0.3) is 0 Å². The third kappa shape index (κ3) is 7.19. The van der Waals surface area contributed by atoms with Crippen LogP contribution in [0, 0.1) is 0 Å². The van der Waals surface area contributed by atoms with Crippen molar-refractivity contribution in [3.8, 4) is 5.75 Å². The van der Waals surface area contributed by atoms with Crippen LogP contribution >= 0.6 is 0 Å². The molecule has 2 N–H and O–H groups in total. The second kappa shape index (κ2) is 10.9. The van der Waals surface area contributed by atoms with E-state index in [1.807, 2.05) is 45.0 Å². The monoisotopic (exact) mass is 377 g/mol. The van der Waals surface area contributed by atoms with Gasteiger partial charge >= 0.3 is 0 Å². The van der Waals surface area contributed by atoms with Crippen molar-refractivity contribution in [2.75, 3.05) is 32.8 Å². The smallest absolute Gasteiger partial charge is 0.237 e. The third-order valence-corrected chi connectivity index (χ3v) is 4.32. The van der Waals surface area contributed by atoms with Gasteiger partial charge in [0.1, 0.15) is 5.75 Å². The van der Waals surface area contributed by atoms with Gasteiger partial charge < -0.3 is 20.1 Å². The molecule has 0 saturated carbocycles. The van der Waals surface area contributed by atoms with Crippen LogP contribution in [0.4, 0.5) is 0 Å². The topological polar surface area (TPSA) is 79.9 Å². The Kier molecular flexibility index (Phi) is 8.54. The van der Waals surface area contributed by atoms with Gasteiger partial charge in [-0.1, -0.05) is 12.1 Å². The molecule has 1 unspecified atom stereocenters. The maximum atomic E-state index is 12.3. The first-order chi connectivity index (χ1) is 13.0. The molecular weight excluding hydrogens is 346 g/mol. The molecule has 0 bridgehead atoms. The van der Waals surface area contributed by atoms with E-state index in [0.717, 1.165) is 11.3 Å². The summed E-state index contributed by atoms with van der Waals surface area (Å²) in [6, 6.07) is 7.39. The summed E-state index contributed by atoms with van der Waals surface area (Å²) < 4.78 is 10.9. The molecule has 1 aliphatic heterocycles. The van der Waals surface area contributed by atoms with Crippen molar-refractivity contribution in [1.82, 2.24) is 15.5 Å². The second-order valence-corrected chi connectivity index (χ2v) is 6.83. The molecule has 2 amide bonds. The van der Waals surface area contributed by atoms with Crippen LogP contribution < -0.4 is 15.4 Å². The molecule has 1 atom stereocenters. The minimum atomic E-state index is -0.462. The van der Waals surface area contributed by atoms with E-state index in [-0.39, 0.29) is 24.3 Å². The van der Waals surface area contributed by atoms with Crippen molar-refractivity contribution in [2.24, 2.45) is 0 Å². The van der Waals surface area contributed by atoms with E-state index in [1.54, 1.807) is 0 Å². The highest BCUT2D eigenvalue weighted by molar-refractivity contribution is 5.88. The number of benzene rings is 1. The molecule has 1 aromatic carbocycles. The summed E-state index contributed by atoms with van der Waals surface area (Å²) in [6.45, 7) is 9.33. The average molecular weight is 377 g/mol. The molecule has 0 aromatic heterocycles. The molecule has 1 aliphatic rings. The first-order valence-electron chi connectivity index (χ1n) is 9.61. The van der Waals surface area contributed by atoms with Crippen LogP contribution in [0.5, 0.6) is 5.75 Å². The molecule has 0 spiro atoms. The van der Waals surface area contributed by atoms with Crippen LogP contribution in [-0.4, -0.2) is 61.7 Å². The first kappa shape index (κ1) is 21.2. The fraction of sp³-hybridized carbons (Fsp3) is 0.600. The van der Waals surface area contributed by atoms with Crippen LogP contribution in [0.1, 0.15) is 32.8 Å². The van der Waals surface area contributed by atoms with Crippen LogP contribution in [0.3, 0.4) is 0 Å². The number of ether oxygens (including phenoxy) is 2. The first-order valence-corrected chi connectivity index (χ1v) is 9.61. The highest BCUT2D eigenvalue weighted by atomic mass is 16.5. The maximum absolute atomic E-state index is 12.3. The SMILES string of the molecule is CCOc1ccc(CN2CCNC(=O)C2CC(=O)NCCOC(C)C)cc1. The fourth-order valence-electron chi connectivity index (χ4n) is 3.00. The molecule has 1 saturated heterocycles. The van der Waals surface area contributed by atoms with E-state index >= 15 is 0 Å². The molecule has 27 heavy (non-hydrogen) atoms. The van der Waals surface area contributed by atoms with Gasteiger partial charge in [0.15, 0.2) is 0 Å². The Hall–Kier alpha value is -2.12. The van der Waals surface area contributed by atoms with Gasteiger partial charge in [-0.25, -0.2) is 0 Å². The molecule has 150 valence electrons. The van der Waals surface area contributed by atoms with Gasteiger partial charge in [0.05, 0.1) is 31.8 Å². The predicted octanol–water partition coefficient (Wildman–Crippen LogP) is 1.32. The summed E-state index contributed by atoms with van der Waals surface area (Å²) in [5, 5.41) is 5.68. The number of piperazine rings is 1. The Morgan fingerprint density at radius 2 is 2.07 bits per heavy atom. The van der Waals surface area contributed by atoms with Gasteiger partial charge in [-0.15, -0.1) is 0 Å². The van der Waals surface area contributed by atoms with Crippen molar-refractivity contribution in [3.05, 3.63) is 29.8 Å². The lowest BCUT2D eigenvalue weighted by molar-refractivity contribution is -0.134. The molecule has 7 nitrogen and oxygen atoms in total. The molecule has 0 aliphatic carbocycles. The highest BCUT2D eigenvalue weighted by Crippen LogP contribution is 2.17. The Bertz CT molecular complexity index is 604.